The first-order chi connectivity index (χ1) is 12.2. The molecule has 1 amide bonds. The number of pyridine rings is 1. The number of rotatable bonds is 5. The number of ether oxygens (including phenoxy) is 1. The van der Waals surface area contributed by atoms with Crippen LogP contribution in [0.5, 0.6) is 0 Å². The highest BCUT2D eigenvalue weighted by Crippen LogP contribution is 2.20. The van der Waals surface area contributed by atoms with E-state index >= 15 is 0 Å². The fourth-order valence-electron chi connectivity index (χ4n) is 3.13. The lowest BCUT2D eigenvalue weighted by molar-refractivity contribution is 0.0859. The van der Waals surface area contributed by atoms with Gasteiger partial charge in [0.15, 0.2) is 5.65 Å². The summed E-state index contributed by atoms with van der Waals surface area (Å²) in [5.74, 6) is -0.0957. The number of thiophene rings is 1. The number of amides is 1. The van der Waals surface area contributed by atoms with Crippen molar-refractivity contribution in [2.45, 2.75) is 32.4 Å². The monoisotopic (exact) mass is 356 g/mol. The maximum Gasteiger partial charge on any atom is 0.252 e. The molecule has 25 heavy (non-hydrogen) atoms. The Bertz CT molecular complexity index is 882. The minimum atomic E-state index is -0.0957. The van der Waals surface area contributed by atoms with Gasteiger partial charge in [-0.15, -0.1) is 11.3 Å². The average Bonchev–Trinajstić information content (AvgIpc) is 3.35. The van der Waals surface area contributed by atoms with Gasteiger partial charge in [0.05, 0.1) is 29.8 Å². The number of aryl methyl sites for hydroxylation is 1. The number of nitrogens with one attached hydrogen (secondary N) is 1. The number of carbonyl (C=O) groups is 1. The van der Waals surface area contributed by atoms with E-state index in [1.54, 1.807) is 17.5 Å². The van der Waals surface area contributed by atoms with Gasteiger partial charge >= 0.3 is 0 Å². The molecule has 0 aliphatic carbocycles. The SMILES string of the molecule is Cc1cc(C(=O)NCC2CCCO2)c2cnn(Cc3cccs3)c2n1. The number of carbonyl (C=O) groups excluding carboxylic acids is 1. The van der Waals surface area contributed by atoms with Crippen molar-refractivity contribution in [1.82, 2.24) is 20.1 Å². The predicted molar refractivity (Wildman–Crippen MR) is 97.0 cm³/mol. The van der Waals surface area contributed by atoms with Crippen molar-refractivity contribution < 1.29 is 9.53 Å². The fraction of sp³-hybridized carbons (Fsp3) is 0.389. The van der Waals surface area contributed by atoms with Gasteiger partial charge in [0.25, 0.3) is 5.91 Å². The zero-order valence-corrected chi connectivity index (χ0v) is 14.9. The van der Waals surface area contributed by atoms with Gasteiger partial charge in [0, 0.05) is 23.7 Å². The van der Waals surface area contributed by atoms with Crippen LogP contribution < -0.4 is 5.32 Å². The molecule has 1 aliphatic rings. The summed E-state index contributed by atoms with van der Waals surface area (Å²) in [7, 11) is 0. The van der Waals surface area contributed by atoms with Gasteiger partial charge in [-0.1, -0.05) is 6.07 Å². The molecule has 3 aromatic heterocycles. The second-order valence-corrected chi connectivity index (χ2v) is 7.31. The second-order valence-electron chi connectivity index (χ2n) is 6.28. The molecule has 1 atom stereocenters. The summed E-state index contributed by atoms with van der Waals surface area (Å²) >= 11 is 1.68. The molecular formula is C18H20N4O2S. The molecule has 3 aromatic rings. The van der Waals surface area contributed by atoms with Gasteiger partial charge in [-0.25, -0.2) is 9.67 Å². The van der Waals surface area contributed by atoms with Crippen LogP contribution in [0.3, 0.4) is 0 Å². The molecule has 0 radical (unpaired) electrons. The van der Waals surface area contributed by atoms with E-state index in [-0.39, 0.29) is 12.0 Å². The molecule has 4 heterocycles. The predicted octanol–water partition coefficient (Wildman–Crippen LogP) is 2.76. The van der Waals surface area contributed by atoms with Crippen LogP contribution in [0.15, 0.2) is 29.8 Å². The Morgan fingerprint density at radius 2 is 2.44 bits per heavy atom. The molecule has 7 heteroatoms. The van der Waals surface area contributed by atoms with Crippen LogP contribution in [-0.4, -0.2) is 39.9 Å². The highest BCUT2D eigenvalue weighted by Gasteiger charge is 2.19. The van der Waals surface area contributed by atoms with Crippen molar-refractivity contribution in [2.75, 3.05) is 13.2 Å². The summed E-state index contributed by atoms with van der Waals surface area (Å²) in [5.41, 5.74) is 2.18. The van der Waals surface area contributed by atoms with Gasteiger partial charge in [0.2, 0.25) is 0 Å². The minimum absolute atomic E-state index is 0.0957. The lowest BCUT2D eigenvalue weighted by Crippen LogP contribution is -2.32. The fourth-order valence-corrected chi connectivity index (χ4v) is 3.82. The molecular weight excluding hydrogens is 336 g/mol. The summed E-state index contributed by atoms with van der Waals surface area (Å²) in [4.78, 5) is 18.5. The van der Waals surface area contributed by atoms with E-state index in [1.165, 1.54) is 4.88 Å². The van der Waals surface area contributed by atoms with Crippen molar-refractivity contribution >= 4 is 28.3 Å². The molecule has 1 unspecified atom stereocenters. The topological polar surface area (TPSA) is 69.0 Å². The van der Waals surface area contributed by atoms with Crippen molar-refractivity contribution in [1.29, 1.82) is 0 Å². The molecule has 0 spiro atoms. The standard InChI is InChI=1S/C18H20N4O2S/c1-12-8-15(18(23)19-9-13-4-2-6-24-13)16-10-20-22(17(16)21-12)11-14-5-3-7-25-14/h3,5,7-8,10,13H,2,4,6,9,11H2,1H3,(H,19,23). The first-order valence-electron chi connectivity index (χ1n) is 8.46. The Labute approximate surface area is 149 Å². The second kappa shape index (κ2) is 6.93. The smallest absolute Gasteiger partial charge is 0.252 e. The van der Waals surface area contributed by atoms with E-state index in [9.17, 15) is 4.79 Å². The van der Waals surface area contributed by atoms with Gasteiger partial charge < -0.3 is 10.1 Å². The zero-order valence-electron chi connectivity index (χ0n) is 14.1. The number of nitrogens with zero attached hydrogens (tertiary/aromatic N) is 3. The Kier molecular flexibility index (Phi) is 4.50. The van der Waals surface area contributed by atoms with E-state index in [2.05, 4.69) is 21.5 Å². The van der Waals surface area contributed by atoms with Crippen LogP contribution in [0, 0.1) is 6.92 Å². The van der Waals surface area contributed by atoms with Crippen LogP contribution in [0.2, 0.25) is 0 Å². The molecule has 130 valence electrons. The lowest BCUT2D eigenvalue weighted by Gasteiger charge is -2.11. The van der Waals surface area contributed by atoms with E-state index in [1.807, 2.05) is 29.1 Å². The van der Waals surface area contributed by atoms with Crippen LogP contribution in [-0.2, 0) is 11.3 Å². The van der Waals surface area contributed by atoms with Crippen LogP contribution in [0.1, 0.15) is 33.8 Å². The minimum Gasteiger partial charge on any atom is -0.376 e. The number of hydrogen-bond acceptors (Lipinski definition) is 5. The van der Waals surface area contributed by atoms with E-state index in [0.717, 1.165) is 36.2 Å². The molecule has 1 saturated heterocycles. The largest absolute Gasteiger partial charge is 0.376 e. The third kappa shape index (κ3) is 3.43. The number of aromatic nitrogens is 3. The summed E-state index contributed by atoms with van der Waals surface area (Å²) in [6.45, 7) is 3.90. The van der Waals surface area contributed by atoms with Crippen molar-refractivity contribution in [3.63, 3.8) is 0 Å². The molecule has 1 aliphatic heterocycles. The summed E-state index contributed by atoms with van der Waals surface area (Å²) in [6.07, 6.45) is 3.93. The molecule has 0 aromatic carbocycles. The van der Waals surface area contributed by atoms with Gasteiger partial charge in [-0.3, -0.25) is 4.79 Å². The van der Waals surface area contributed by atoms with Crippen LogP contribution in [0.25, 0.3) is 11.0 Å². The molecule has 1 N–H and O–H groups in total. The van der Waals surface area contributed by atoms with Crippen LogP contribution >= 0.6 is 11.3 Å². The molecule has 1 fully saturated rings. The van der Waals surface area contributed by atoms with E-state index < -0.39 is 0 Å². The Morgan fingerprint density at radius 3 is 3.20 bits per heavy atom. The maximum absolute atomic E-state index is 12.7. The van der Waals surface area contributed by atoms with Gasteiger partial charge in [-0.05, 0) is 37.3 Å². The van der Waals surface area contributed by atoms with Gasteiger partial charge in [-0.2, -0.15) is 5.10 Å². The molecule has 4 rings (SSSR count). The quantitative estimate of drug-likeness (QED) is 0.763. The first kappa shape index (κ1) is 16.2. The van der Waals surface area contributed by atoms with Crippen molar-refractivity contribution in [3.05, 3.63) is 45.9 Å². The molecule has 0 saturated carbocycles. The Hall–Kier alpha value is -2.25. The summed E-state index contributed by atoms with van der Waals surface area (Å²) < 4.78 is 7.42. The highest BCUT2D eigenvalue weighted by atomic mass is 32.1. The zero-order chi connectivity index (χ0) is 17.2. The first-order valence-corrected chi connectivity index (χ1v) is 9.34. The lowest BCUT2D eigenvalue weighted by atomic mass is 10.1. The number of fused-ring (bicyclic) bond motifs is 1. The van der Waals surface area contributed by atoms with E-state index in [4.69, 9.17) is 4.74 Å². The van der Waals surface area contributed by atoms with Gasteiger partial charge in [0.1, 0.15) is 0 Å². The van der Waals surface area contributed by atoms with E-state index in [0.29, 0.717) is 18.7 Å². The molecule has 6 nitrogen and oxygen atoms in total. The Balaban J connectivity index is 1.60. The summed E-state index contributed by atoms with van der Waals surface area (Å²) in [6, 6.07) is 5.92. The third-order valence-electron chi connectivity index (χ3n) is 4.38. The van der Waals surface area contributed by atoms with Crippen LogP contribution in [0.4, 0.5) is 0 Å². The third-order valence-corrected chi connectivity index (χ3v) is 5.24. The molecule has 0 bridgehead atoms. The van der Waals surface area contributed by atoms with Crippen molar-refractivity contribution in [2.24, 2.45) is 0 Å². The summed E-state index contributed by atoms with van der Waals surface area (Å²) in [5, 5.41) is 10.3. The highest BCUT2D eigenvalue weighted by molar-refractivity contribution is 7.09. The Morgan fingerprint density at radius 1 is 1.52 bits per heavy atom. The van der Waals surface area contributed by atoms with Crippen molar-refractivity contribution in [3.8, 4) is 0 Å². The number of hydrogen-bond donors (Lipinski definition) is 1. The average molecular weight is 356 g/mol. The normalized spacial score (nSPS) is 17.2. The maximum atomic E-state index is 12.7.